The summed E-state index contributed by atoms with van der Waals surface area (Å²) in [6, 6.07) is 4.99. The molecule has 8 heteroatoms. The number of oxazole rings is 1. The van der Waals surface area contributed by atoms with Crippen LogP contribution in [0.5, 0.6) is 0 Å². The van der Waals surface area contributed by atoms with Crippen LogP contribution in [0.25, 0.3) is 23.0 Å². The molecule has 0 atom stereocenters. The zero-order valence-electron chi connectivity index (χ0n) is 14.1. The maximum Gasteiger partial charge on any atom is 0.258 e. The highest BCUT2D eigenvalue weighted by atomic mass is 19.1. The number of rotatable bonds is 3. The Morgan fingerprint density at radius 2 is 1.96 bits per heavy atom. The maximum absolute atomic E-state index is 14.6. The van der Waals surface area contributed by atoms with E-state index in [0.717, 1.165) is 26.2 Å². The standard InChI is InChI=1S/C17H18FN5O2/c1-11-15(19-10-24-11)16-20-17(25-21-16)12-3-4-14(13(18)9-12)23-7-5-22(2)6-8-23/h3-4,9-10H,5-8H2,1-2H3. The van der Waals surface area contributed by atoms with Gasteiger partial charge in [-0.05, 0) is 32.2 Å². The Kier molecular flexibility index (Phi) is 3.96. The fraction of sp³-hybridized carbons (Fsp3) is 0.353. The fourth-order valence-corrected chi connectivity index (χ4v) is 2.90. The first-order chi connectivity index (χ1) is 12.1. The number of hydrogen-bond acceptors (Lipinski definition) is 7. The summed E-state index contributed by atoms with van der Waals surface area (Å²) in [5, 5.41) is 3.90. The molecule has 0 aliphatic carbocycles. The van der Waals surface area contributed by atoms with Crippen LogP contribution in [0.3, 0.4) is 0 Å². The van der Waals surface area contributed by atoms with Gasteiger partial charge in [-0.1, -0.05) is 5.16 Å². The Labute approximate surface area is 144 Å². The fourth-order valence-electron chi connectivity index (χ4n) is 2.90. The van der Waals surface area contributed by atoms with Gasteiger partial charge in [-0.15, -0.1) is 0 Å². The number of nitrogens with zero attached hydrogens (tertiary/aromatic N) is 5. The lowest BCUT2D eigenvalue weighted by Crippen LogP contribution is -2.44. The van der Waals surface area contributed by atoms with E-state index in [1.54, 1.807) is 19.1 Å². The Hall–Kier alpha value is -2.74. The molecule has 1 aliphatic heterocycles. The van der Waals surface area contributed by atoms with Gasteiger partial charge in [0.15, 0.2) is 12.1 Å². The predicted octanol–water partition coefficient (Wildman–Crippen LogP) is 2.59. The van der Waals surface area contributed by atoms with Crippen molar-refractivity contribution in [3.8, 4) is 23.0 Å². The highest BCUT2D eigenvalue weighted by Gasteiger charge is 2.20. The molecule has 25 heavy (non-hydrogen) atoms. The zero-order valence-corrected chi connectivity index (χ0v) is 14.1. The largest absolute Gasteiger partial charge is 0.448 e. The molecule has 2 aromatic heterocycles. The second-order valence-corrected chi connectivity index (χ2v) is 6.14. The lowest BCUT2D eigenvalue weighted by Gasteiger charge is -2.34. The minimum Gasteiger partial charge on any atom is -0.448 e. The summed E-state index contributed by atoms with van der Waals surface area (Å²) in [4.78, 5) is 12.6. The molecule has 0 amide bonds. The first-order valence-electron chi connectivity index (χ1n) is 8.09. The quantitative estimate of drug-likeness (QED) is 0.724. The molecule has 4 rings (SSSR count). The summed E-state index contributed by atoms with van der Waals surface area (Å²) >= 11 is 0. The molecule has 1 aromatic carbocycles. The molecular formula is C17H18FN5O2. The third-order valence-electron chi connectivity index (χ3n) is 4.42. The van der Waals surface area contributed by atoms with E-state index in [2.05, 4.69) is 32.0 Å². The van der Waals surface area contributed by atoms with Crippen molar-refractivity contribution in [2.45, 2.75) is 6.92 Å². The molecule has 1 aliphatic rings. The van der Waals surface area contributed by atoms with E-state index in [1.165, 1.54) is 12.5 Å². The van der Waals surface area contributed by atoms with Gasteiger partial charge in [0, 0.05) is 31.7 Å². The minimum absolute atomic E-state index is 0.251. The van der Waals surface area contributed by atoms with Crippen LogP contribution in [0.15, 0.2) is 33.5 Å². The monoisotopic (exact) mass is 343 g/mol. The first kappa shape index (κ1) is 15.8. The summed E-state index contributed by atoms with van der Waals surface area (Å²) in [5.74, 6) is 0.884. The van der Waals surface area contributed by atoms with Crippen LogP contribution in [0.1, 0.15) is 5.76 Å². The highest BCUT2D eigenvalue weighted by molar-refractivity contribution is 5.62. The normalized spacial score (nSPS) is 15.7. The predicted molar refractivity (Wildman–Crippen MR) is 89.6 cm³/mol. The van der Waals surface area contributed by atoms with Gasteiger partial charge >= 0.3 is 0 Å². The van der Waals surface area contributed by atoms with Gasteiger partial charge in [0.1, 0.15) is 11.6 Å². The highest BCUT2D eigenvalue weighted by Crippen LogP contribution is 2.28. The SMILES string of the molecule is Cc1ocnc1-c1noc(-c2ccc(N3CCN(C)CC3)c(F)c2)n1. The molecule has 1 saturated heterocycles. The number of likely N-dealkylation sites (N-methyl/N-ethyl adjacent to an activating group) is 1. The molecule has 0 spiro atoms. The van der Waals surface area contributed by atoms with Crippen molar-refractivity contribution in [2.75, 3.05) is 38.1 Å². The number of halogens is 1. The second kappa shape index (κ2) is 6.29. The van der Waals surface area contributed by atoms with Crippen LogP contribution in [-0.4, -0.2) is 53.3 Å². The number of benzene rings is 1. The minimum atomic E-state index is -0.292. The summed E-state index contributed by atoms with van der Waals surface area (Å²) in [5.41, 5.74) is 1.66. The Bertz CT molecular complexity index is 883. The third kappa shape index (κ3) is 3.00. The lowest BCUT2D eigenvalue weighted by atomic mass is 10.1. The average molecular weight is 343 g/mol. The molecular weight excluding hydrogens is 325 g/mol. The van der Waals surface area contributed by atoms with E-state index < -0.39 is 0 Å². The number of piperazine rings is 1. The summed E-state index contributed by atoms with van der Waals surface area (Å²) < 4.78 is 25.0. The molecule has 0 bridgehead atoms. The van der Waals surface area contributed by atoms with Crippen molar-refractivity contribution in [3.05, 3.63) is 36.2 Å². The van der Waals surface area contributed by atoms with Crippen molar-refractivity contribution in [3.63, 3.8) is 0 Å². The number of aryl methyl sites for hydroxylation is 1. The Balaban J connectivity index is 1.59. The maximum atomic E-state index is 14.6. The van der Waals surface area contributed by atoms with Gasteiger partial charge in [-0.25, -0.2) is 9.37 Å². The van der Waals surface area contributed by atoms with E-state index in [0.29, 0.717) is 28.5 Å². The van der Waals surface area contributed by atoms with Gasteiger partial charge < -0.3 is 18.7 Å². The van der Waals surface area contributed by atoms with Gasteiger partial charge in [0.25, 0.3) is 5.89 Å². The van der Waals surface area contributed by atoms with Gasteiger partial charge in [-0.2, -0.15) is 4.98 Å². The lowest BCUT2D eigenvalue weighted by molar-refractivity contribution is 0.311. The molecule has 1 fully saturated rings. The number of hydrogen-bond donors (Lipinski definition) is 0. The number of aromatic nitrogens is 3. The van der Waals surface area contributed by atoms with Crippen LogP contribution >= 0.6 is 0 Å². The van der Waals surface area contributed by atoms with Crippen LogP contribution in [0.2, 0.25) is 0 Å². The summed E-state index contributed by atoms with van der Waals surface area (Å²) in [7, 11) is 2.07. The molecule has 0 N–H and O–H groups in total. The molecule has 0 radical (unpaired) electrons. The summed E-state index contributed by atoms with van der Waals surface area (Å²) in [6.45, 7) is 5.23. The van der Waals surface area contributed by atoms with E-state index in [-0.39, 0.29) is 11.7 Å². The van der Waals surface area contributed by atoms with Crippen LogP contribution in [-0.2, 0) is 0 Å². The van der Waals surface area contributed by atoms with Crippen molar-refractivity contribution in [1.82, 2.24) is 20.0 Å². The van der Waals surface area contributed by atoms with Crippen LogP contribution in [0, 0.1) is 12.7 Å². The topological polar surface area (TPSA) is 71.4 Å². The van der Waals surface area contributed by atoms with E-state index in [4.69, 9.17) is 8.94 Å². The smallest absolute Gasteiger partial charge is 0.258 e. The summed E-state index contributed by atoms with van der Waals surface area (Å²) in [6.07, 6.45) is 1.32. The zero-order chi connectivity index (χ0) is 17.4. The van der Waals surface area contributed by atoms with Gasteiger partial charge in [0.2, 0.25) is 5.82 Å². The molecule has 0 unspecified atom stereocenters. The van der Waals surface area contributed by atoms with Crippen LogP contribution in [0.4, 0.5) is 10.1 Å². The first-order valence-corrected chi connectivity index (χ1v) is 8.09. The Morgan fingerprint density at radius 3 is 2.64 bits per heavy atom. The van der Waals surface area contributed by atoms with E-state index >= 15 is 0 Å². The van der Waals surface area contributed by atoms with Crippen LogP contribution < -0.4 is 4.90 Å². The second-order valence-electron chi connectivity index (χ2n) is 6.14. The average Bonchev–Trinajstić information content (AvgIpc) is 3.24. The van der Waals surface area contributed by atoms with Crippen molar-refractivity contribution in [1.29, 1.82) is 0 Å². The van der Waals surface area contributed by atoms with E-state index in [1.807, 2.05) is 0 Å². The van der Waals surface area contributed by atoms with Gasteiger partial charge in [0.05, 0.1) is 5.69 Å². The number of anilines is 1. The molecule has 3 aromatic rings. The van der Waals surface area contributed by atoms with Crippen molar-refractivity contribution in [2.24, 2.45) is 0 Å². The van der Waals surface area contributed by atoms with E-state index in [9.17, 15) is 4.39 Å². The van der Waals surface area contributed by atoms with Crippen molar-refractivity contribution < 1.29 is 13.3 Å². The molecule has 0 saturated carbocycles. The molecule has 130 valence electrons. The third-order valence-corrected chi connectivity index (χ3v) is 4.42. The molecule has 3 heterocycles. The van der Waals surface area contributed by atoms with Crippen molar-refractivity contribution >= 4 is 5.69 Å². The molecule has 7 nitrogen and oxygen atoms in total. The Morgan fingerprint density at radius 1 is 1.16 bits per heavy atom. The van der Waals surface area contributed by atoms with Gasteiger partial charge in [-0.3, -0.25) is 0 Å².